The van der Waals surface area contributed by atoms with Gasteiger partial charge in [-0.2, -0.15) is 0 Å². The molecule has 2 saturated heterocycles. The Labute approximate surface area is 191 Å². The van der Waals surface area contributed by atoms with E-state index in [0.29, 0.717) is 32.7 Å². The number of hydrogen-bond donors (Lipinski definition) is 2. The molecular weight excluding hydrogens is 409 g/mol. The van der Waals surface area contributed by atoms with Crippen LogP contribution in [0, 0.1) is 0 Å². The first-order valence-electron chi connectivity index (χ1n) is 11.4. The highest BCUT2D eigenvalue weighted by Crippen LogP contribution is 2.38. The van der Waals surface area contributed by atoms with E-state index in [9.17, 15) is 9.59 Å². The van der Waals surface area contributed by atoms with Crippen molar-refractivity contribution in [2.75, 3.05) is 26.3 Å². The van der Waals surface area contributed by atoms with Crippen molar-refractivity contribution >= 4 is 18.9 Å². The lowest BCUT2D eigenvalue weighted by Gasteiger charge is -2.32. The Morgan fingerprint density at radius 1 is 1.09 bits per heavy atom. The molecule has 0 aliphatic carbocycles. The molecule has 0 aromatic heterocycles. The minimum absolute atomic E-state index is 0.0411. The van der Waals surface area contributed by atoms with E-state index in [2.05, 4.69) is 17.4 Å². The molecule has 2 fully saturated rings. The second-order valence-electron chi connectivity index (χ2n) is 9.57. The van der Waals surface area contributed by atoms with Crippen molar-refractivity contribution in [1.82, 2.24) is 10.2 Å². The highest BCUT2D eigenvalue weighted by atomic mass is 16.7. The van der Waals surface area contributed by atoms with E-state index in [0.717, 1.165) is 12.0 Å². The smallest absolute Gasteiger partial charge is 0.402 e. The molecule has 32 heavy (non-hydrogen) atoms. The first-order valence-corrected chi connectivity index (χ1v) is 11.4. The van der Waals surface area contributed by atoms with E-state index in [1.54, 1.807) is 4.90 Å². The summed E-state index contributed by atoms with van der Waals surface area (Å²) < 4.78 is 17.7. The second kappa shape index (κ2) is 10.3. The average Bonchev–Trinajstić information content (AvgIpc) is 2.99. The van der Waals surface area contributed by atoms with E-state index in [-0.39, 0.29) is 18.2 Å². The van der Waals surface area contributed by atoms with Gasteiger partial charge in [-0.25, -0.2) is 0 Å². The van der Waals surface area contributed by atoms with Crippen molar-refractivity contribution in [1.29, 1.82) is 0 Å². The largest absolute Gasteiger partial charge is 0.481 e. The van der Waals surface area contributed by atoms with Gasteiger partial charge in [0.2, 0.25) is 11.8 Å². The number of ether oxygens (including phenoxy) is 1. The Morgan fingerprint density at radius 3 is 2.28 bits per heavy atom. The minimum Gasteiger partial charge on any atom is -0.402 e. The third-order valence-corrected chi connectivity index (χ3v) is 6.61. The van der Waals surface area contributed by atoms with Crippen LogP contribution in [0.5, 0.6) is 0 Å². The molecule has 2 amide bonds. The molecule has 0 radical (unpaired) electrons. The van der Waals surface area contributed by atoms with Crippen LogP contribution in [-0.4, -0.2) is 73.3 Å². The molecular formula is C23H36BN3O5. The van der Waals surface area contributed by atoms with Gasteiger partial charge in [-0.3, -0.25) is 9.59 Å². The van der Waals surface area contributed by atoms with Crippen LogP contribution in [0.15, 0.2) is 30.3 Å². The Morgan fingerprint density at radius 2 is 1.69 bits per heavy atom. The zero-order valence-corrected chi connectivity index (χ0v) is 19.6. The van der Waals surface area contributed by atoms with Gasteiger partial charge in [0, 0.05) is 13.1 Å². The molecule has 2 atom stereocenters. The summed E-state index contributed by atoms with van der Waals surface area (Å²) in [6.07, 6.45) is 1.33. The number of aryl methyl sites for hydroxylation is 1. The number of rotatable bonds is 8. The van der Waals surface area contributed by atoms with E-state index in [1.165, 1.54) is 0 Å². The molecule has 176 valence electrons. The number of carbonyl (C=O) groups excluding carboxylic acids is 2. The number of morpholine rings is 1. The van der Waals surface area contributed by atoms with Crippen molar-refractivity contribution in [3.63, 3.8) is 0 Å². The van der Waals surface area contributed by atoms with Gasteiger partial charge in [-0.1, -0.05) is 30.3 Å². The van der Waals surface area contributed by atoms with Crippen LogP contribution in [0.25, 0.3) is 0 Å². The van der Waals surface area contributed by atoms with Crippen LogP contribution < -0.4 is 11.1 Å². The number of carbonyl (C=O) groups is 2. The second-order valence-corrected chi connectivity index (χ2v) is 9.57. The van der Waals surface area contributed by atoms with E-state index in [1.807, 2.05) is 45.9 Å². The first-order chi connectivity index (χ1) is 15.1. The molecule has 8 nitrogen and oxygen atoms in total. The summed E-state index contributed by atoms with van der Waals surface area (Å²) in [5.74, 6) is -0.903. The molecule has 0 saturated carbocycles. The Kier molecular flexibility index (Phi) is 7.98. The number of amides is 2. The Bertz CT molecular complexity index is 767. The van der Waals surface area contributed by atoms with Crippen molar-refractivity contribution < 1.29 is 23.6 Å². The molecule has 9 heteroatoms. The monoisotopic (exact) mass is 445 g/mol. The minimum atomic E-state index is -0.938. The molecule has 1 unspecified atom stereocenters. The van der Waals surface area contributed by atoms with Gasteiger partial charge >= 0.3 is 7.12 Å². The number of hydrogen-bond acceptors (Lipinski definition) is 6. The van der Waals surface area contributed by atoms with Crippen LogP contribution in [0.2, 0.25) is 0 Å². The lowest BCUT2D eigenvalue weighted by molar-refractivity contribution is -0.137. The topological polar surface area (TPSA) is 103 Å². The van der Waals surface area contributed by atoms with E-state index in [4.69, 9.17) is 19.8 Å². The summed E-state index contributed by atoms with van der Waals surface area (Å²) in [4.78, 5) is 27.1. The number of nitrogens with two attached hydrogens (primary N) is 1. The van der Waals surface area contributed by atoms with Gasteiger partial charge in [-0.05, 0) is 46.1 Å². The van der Waals surface area contributed by atoms with Gasteiger partial charge in [0.1, 0.15) is 0 Å². The van der Waals surface area contributed by atoms with Gasteiger partial charge in [-0.15, -0.1) is 0 Å². The zero-order chi connectivity index (χ0) is 23.4. The number of nitrogens with one attached hydrogen (secondary N) is 1. The maximum atomic E-state index is 12.9. The predicted molar refractivity (Wildman–Crippen MR) is 123 cm³/mol. The number of benzene rings is 1. The molecule has 1 aromatic rings. The summed E-state index contributed by atoms with van der Waals surface area (Å²) in [6, 6.07) is 9.12. The third-order valence-electron chi connectivity index (χ3n) is 6.61. The average molecular weight is 445 g/mol. The van der Waals surface area contributed by atoms with Crippen molar-refractivity contribution in [3.8, 4) is 0 Å². The molecule has 2 heterocycles. The fraction of sp³-hybridized carbons (Fsp3) is 0.652. The van der Waals surface area contributed by atoms with E-state index < -0.39 is 30.3 Å². The lowest BCUT2D eigenvalue weighted by Crippen LogP contribution is -2.54. The zero-order valence-electron chi connectivity index (χ0n) is 19.6. The summed E-state index contributed by atoms with van der Waals surface area (Å²) in [6.45, 7) is 10.0. The highest BCUT2D eigenvalue weighted by Gasteiger charge is 2.54. The Balaban J connectivity index is 1.64. The standard InChI is InChI=1S/C23H36BN3O5/c1-22(2)23(3,4)32-24(31-22)19(11-10-17-8-6-5-7-9-17)26-21(29)18(25)16-20(28)27-12-14-30-15-13-27/h5-9,18-19H,10-16,25H2,1-4H3,(H,26,29)/t18?,19-/m0/s1. The van der Waals surface area contributed by atoms with Gasteiger partial charge in [0.15, 0.2) is 0 Å². The van der Waals surface area contributed by atoms with Gasteiger partial charge in [0.05, 0.1) is 42.8 Å². The molecule has 0 spiro atoms. The van der Waals surface area contributed by atoms with Crippen molar-refractivity contribution in [2.45, 2.75) is 70.1 Å². The summed E-state index contributed by atoms with van der Waals surface area (Å²) in [5.41, 5.74) is 6.25. The van der Waals surface area contributed by atoms with Gasteiger partial charge < -0.3 is 30.0 Å². The first kappa shape index (κ1) is 24.7. The molecule has 3 rings (SSSR count). The highest BCUT2D eigenvalue weighted by molar-refractivity contribution is 6.48. The third kappa shape index (κ3) is 6.10. The van der Waals surface area contributed by atoms with Crippen LogP contribution >= 0.6 is 0 Å². The number of nitrogens with zero attached hydrogens (tertiary/aromatic N) is 1. The molecule has 3 N–H and O–H groups in total. The molecule has 2 aliphatic rings. The van der Waals surface area contributed by atoms with Crippen LogP contribution in [0.3, 0.4) is 0 Å². The van der Waals surface area contributed by atoms with E-state index >= 15 is 0 Å². The molecule has 0 bridgehead atoms. The lowest BCUT2D eigenvalue weighted by atomic mass is 9.75. The summed E-state index contributed by atoms with van der Waals surface area (Å²) >= 11 is 0. The quantitative estimate of drug-likeness (QED) is 0.585. The Hall–Kier alpha value is -1.94. The normalized spacial score (nSPS) is 21.8. The SMILES string of the molecule is CC1(C)OB([C@H](CCc2ccccc2)NC(=O)C(N)CC(=O)N2CCOCC2)OC1(C)C. The maximum Gasteiger partial charge on any atom is 0.481 e. The fourth-order valence-electron chi connectivity index (χ4n) is 3.81. The van der Waals surface area contributed by atoms with Gasteiger partial charge in [0.25, 0.3) is 0 Å². The molecule has 2 aliphatic heterocycles. The van der Waals surface area contributed by atoms with Crippen LogP contribution in [-0.2, 0) is 30.1 Å². The van der Waals surface area contributed by atoms with Crippen LogP contribution in [0.1, 0.15) is 46.1 Å². The maximum absolute atomic E-state index is 12.9. The van der Waals surface area contributed by atoms with Crippen LogP contribution in [0.4, 0.5) is 0 Å². The summed E-state index contributed by atoms with van der Waals surface area (Å²) in [5, 5.41) is 3.00. The predicted octanol–water partition coefficient (Wildman–Crippen LogP) is 1.31. The van der Waals surface area contributed by atoms with Crippen molar-refractivity contribution in [3.05, 3.63) is 35.9 Å². The fourth-order valence-corrected chi connectivity index (χ4v) is 3.81. The summed E-state index contributed by atoms with van der Waals surface area (Å²) in [7, 11) is -0.602. The van der Waals surface area contributed by atoms with Crippen molar-refractivity contribution in [2.24, 2.45) is 5.73 Å². The molecule has 1 aromatic carbocycles.